The Morgan fingerprint density at radius 1 is 1.30 bits per heavy atom. The van der Waals surface area contributed by atoms with Crippen molar-refractivity contribution in [3.05, 3.63) is 29.8 Å². The van der Waals surface area contributed by atoms with Crippen molar-refractivity contribution in [3.63, 3.8) is 0 Å². The number of para-hydroxylation sites is 1. The first kappa shape index (κ1) is 13.1. The fraction of sp³-hybridized carbons (Fsp3) is 0.500. The molecule has 2 unspecified atom stereocenters. The molecule has 104 valence electrons. The maximum absolute atomic E-state index is 12.1. The molecule has 1 saturated carbocycles. The van der Waals surface area contributed by atoms with Crippen LogP contribution in [0.2, 0.25) is 0 Å². The van der Waals surface area contributed by atoms with Crippen molar-refractivity contribution in [3.8, 4) is 6.07 Å². The molecule has 2 fully saturated rings. The molecule has 1 aliphatic heterocycles. The lowest BCUT2D eigenvalue weighted by atomic mass is 10.0. The number of hydrogen-bond donors (Lipinski definition) is 1. The second-order valence-electron chi connectivity index (χ2n) is 5.85. The summed E-state index contributed by atoms with van der Waals surface area (Å²) >= 11 is 0. The van der Waals surface area contributed by atoms with E-state index >= 15 is 0 Å². The fourth-order valence-corrected chi connectivity index (χ4v) is 3.54. The number of nitrogens with one attached hydrogen (secondary N) is 1. The number of likely N-dealkylation sites (tertiary alicyclic amines) is 1. The number of carbonyl (C=O) groups excluding carboxylic acids is 1. The van der Waals surface area contributed by atoms with Gasteiger partial charge in [0.25, 0.3) is 0 Å². The first-order valence-corrected chi connectivity index (χ1v) is 7.27. The van der Waals surface area contributed by atoms with Gasteiger partial charge in [0.2, 0.25) is 5.91 Å². The fourth-order valence-electron chi connectivity index (χ4n) is 3.54. The molecule has 3 rings (SSSR count). The van der Waals surface area contributed by atoms with Gasteiger partial charge >= 0.3 is 0 Å². The number of fused-ring (bicyclic) bond motifs is 1. The van der Waals surface area contributed by atoms with E-state index in [9.17, 15) is 4.79 Å². The normalized spacial score (nSPS) is 25.1. The van der Waals surface area contributed by atoms with E-state index in [4.69, 9.17) is 5.26 Å². The Morgan fingerprint density at radius 3 is 2.70 bits per heavy atom. The highest BCUT2D eigenvalue weighted by Crippen LogP contribution is 2.37. The minimum Gasteiger partial charge on any atom is -0.324 e. The van der Waals surface area contributed by atoms with Crippen LogP contribution >= 0.6 is 0 Å². The second kappa shape index (κ2) is 5.64. The molecule has 0 spiro atoms. The van der Waals surface area contributed by atoms with Crippen LogP contribution in [0, 0.1) is 23.2 Å². The minimum atomic E-state index is -0.0207. The highest BCUT2D eigenvalue weighted by Gasteiger charge is 2.36. The zero-order valence-electron chi connectivity index (χ0n) is 11.5. The molecule has 2 aliphatic rings. The summed E-state index contributed by atoms with van der Waals surface area (Å²) in [5.41, 5.74) is 1.12. The third kappa shape index (κ3) is 2.68. The maximum atomic E-state index is 12.1. The Morgan fingerprint density at radius 2 is 2.00 bits per heavy atom. The van der Waals surface area contributed by atoms with E-state index in [1.807, 2.05) is 6.07 Å². The maximum Gasteiger partial charge on any atom is 0.238 e. The third-order valence-electron chi connectivity index (χ3n) is 4.49. The average molecular weight is 269 g/mol. The number of hydrogen-bond acceptors (Lipinski definition) is 3. The van der Waals surface area contributed by atoms with Crippen molar-refractivity contribution >= 4 is 11.6 Å². The Balaban J connectivity index is 1.57. The van der Waals surface area contributed by atoms with Gasteiger partial charge in [0, 0.05) is 13.1 Å². The van der Waals surface area contributed by atoms with Crippen molar-refractivity contribution in [2.45, 2.75) is 19.3 Å². The minimum absolute atomic E-state index is 0.0207. The third-order valence-corrected chi connectivity index (χ3v) is 4.49. The van der Waals surface area contributed by atoms with E-state index in [0.717, 1.165) is 24.9 Å². The van der Waals surface area contributed by atoms with Crippen LogP contribution in [-0.2, 0) is 4.79 Å². The summed E-state index contributed by atoms with van der Waals surface area (Å²) in [5.74, 6) is 1.58. The molecule has 1 amide bonds. The zero-order valence-corrected chi connectivity index (χ0v) is 11.5. The van der Waals surface area contributed by atoms with Gasteiger partial charge in [0.1, 0.15) is 6.07 Å². The molecule has 1 saturated heterocycles. The summed E-state index contributed by atoms with van der Waals surface area (Å²) in [7, 11) is 0. The number of nitrogens with zero attached hydrogens (tertiary/aromatic N) is 2. The molecule has 2 atom stereocenters. The SMILES string of the molecule is N#Cc1ccccc1NC(=O)CN1CC2CCCC2C1. The van der Waals surface area contributed by atoms with E-state index in [1.165, 1.54) is 19.3 Å². The standard InChI is InChI=1S/C16H19N3O/c17-8-12-4-1-2-7-15(12)18-16(20)11-19-9-13-5-3-6-14(13)10-19/h1-2,4,7,13-14H,3,5-6,9-11H2,(H,18,20). The molecular formula is C16H19N3O. The zero-order chi connectivity index (χ0) is 13.9. The van der Waals surface area contributed by atoms with Gasteiger partial charge in [-0.3, -0.25) is 9.69 Å². The van der Waals surface area contributed by atoms with Crippen LogP contribution in [0.1, 0.15) is 24.8 Å². The molecule has 0 bridgehead atoms. The number of nitriles is 1. The highest BCUT2D eigenvalue weighted by atomic mass is 16.2. The first-order valence-electron chi connectivity index (χ1n) is 7.27. The molecule has 1 N–H and O–H groups in total. The predicted octanol–water partition coefficient (Wildman–Crippen LogP) is 2.23. The lowest BCUT2D eigenvalue weighted by Crippen LogP contribution is -2.32. The molecule has 4 heteroatoms. The van der Waals surface area contributed by atoms with Gasteiger partial charge in [0.05, 0.1) is 17.8 Å². The van der Waals surface area contributed by atoms with Crippen LogP contribution in [0.4, 0.5) is 5.69 Å². The quantitative estimate of drug-likeness (QED) is 0.915. The monoisotopic (exact) mass is 269 g/mol. The van der Waals surface area contributed by atoms with Crippen molar-refractivity contribution in [1.82, 2.24) is 4.90 Å². The Labute approximate surface area is 119 Å². The molecule has 0 aromatic heterocycles. The van der Waals surface area contributed by atoms with E-state index in [1.54, 1.807) is 18.2 Å². The summed E-state index contributed by atoms with van der Waals surface area (Å²) < 4.78 is 0. The molecule has 1 aliphatic carbocycles. The van der Waals surface area contributed by atoms with Crippen LogP contribution in [-0.4, -0.2) is 30.4 Å². The smallest absolute Gasteiger partial charge is 0.238 e. The molecule has 1 aromatic carbocycles. The summed E-state index contributed by atoms with van der Waals surface area (Å²) in [6.45, 7) is 2.54. The van der Waals surface area contributed by atoms with E-state index < -0.39 is 0 Å². The largest absolute Gasteiger partial charge is 0.324 e. The number of anilines is 1. The van der Waals surface area contributed by atoms with Gasteiger partial charge < -0.3 is 5.32 Å². The van der Waals surface area contributed by atoms with Gasteiger partial charge in [-0.1, -0.05) is 18.6 Å². The number of rotatable bonds is 3. The van der Waals surface area contributed by atoms with Gasteiger partial charge in [-0.05, 0) is 36.8 Å². The average Bonchev–Trinajstić information content (AvgIpc) is 3.00. The van der Waals surface area contributed by atoms with Crippen LogP contribution in [0.25, 0.3) is 0 Å². The van der Waals surface area contributed by atoms with E-state index in [2.05, 4.69) is 16.3 Å². The van der Waals surface area contributed by atoms with Gasteiger partial charge in [0.15, 0.2) is 0 Å². The van der Waals surface area contributed by atoms with Gasteiger partial charge in [-0.25, -0.2) is 0 Å². The molecule has 0 radical (unpaired) electrons. The highest BCUT2D eigenvalue weighted by molar-refractivity contribution is 5.93. The molecule has 4 nitrogen and oxygen atoms in total. The second-order valence-corrected chi connectivity index (χ2v) is 5.85. The number of amides is 1. The van der Waals surface area contributed by atoms with Gasteiger partial charge in [-0.2, -0.15) is 5.26 Å². The number of carbonyl (C=O) groups is 1. The van der Waals surface area contributed by atoms with E-state index in [-0.39, 0.29) is 5.91 Å². The Bertz CT molecular complexity index is 537. The molecule has 1 heterocycles. The van der Waals surface area contributed by atoms with Crippen LogP contribution in [0.3, 0.4) is 0 Å². The van der Waals surface area contributed by atoms with Crippen LogP contribution in [0.15, 0.2) is 24.3 Å². The topological polar surface area (TPSA) is 56.1 Å². The van der Waals surface area contributed by atoms with Crippen LogP contribution < -0.4 is 5.32 Å². The predicted molar refractivity (Wildman–Crippen MR) is 77.1 cm³/mol. The van der Waals surface area contributed by atoms with E-state index in [0.29, 0.717) is 17.8 Å². The lowest BCUT2D eigenvalue weighted by molar-refractivity contribution is -0.117. The molecule has 20 heavy (non-hydrogen) atoms. The summed E-state index contributed by atoms with van der Waals surface area (Å²) in [5, 5.41) is 11.9. The van der Waals surface area contributed by atoms with Crippen molar-refractivity contribution in [1.29, 1.82) is 5.26 Å². The van der Waals surface area contributed by atoms with Crippen molar-refractivity contribution in [2.75, 3.05) is 25.0 Å². The summed E-state index contributed by atoms with van der Waals surface area (Å²) in [6, 6.07) is 9.22. The number of benzene rings is 1. The summed E-state index contributed by atoms with van der Waals surface area (Å²) in [4.78, 5) is 14.3. The lowest BCUT2D eigenvalue weighted by Gasteiger charge is -2.16. The first-order chi connectivity index (χ1) is 9.76. The molecule has 1 aromatic rings. The Kier molecular flexibility index (Phi) is 3.70. The molecular weight excluding hydrogens is 250 g/mol. The van der Waals surface area contributed by atoms with Crippen LogP contribution in [0.5, 0.6) is 0 Å². The summed E-state index contributed by atoms with van der Waals surface area (Å²) in [6.07, 6.45) is 3.99. The Hall–Kier alpha value is -1.86. The van der Waals surface area contributed by atoms with Gasteiger partial charge in [-0.15, -0.1) is 0 Å². The van der Waals surface area contributed by atoms with Crippen molar-refractivity contribution < 1.29 is 4.79 Å². The van der Waals surface area contributed by atoms with Crippen molar-refractivity contribution in [2.24, 2.45) is 11.8 Å².